The molecule has 2 heterocycles. The third-order valence-corrected chi connectivity index (χ3v) is 3.21. The molecular formula is C15H10F2N4O2. The second-order valence-electron chi connectivity index (χ2n) is 4.67. The zero-order chi connectivity index (χ0) is 16.6. The molecule has 0 saturated carbocycles. The summed E-state index contributed by atoms with van der Waals surface area (Å²) in [5, 5.41) is 9.30. The number of carboxylic acids is 1. The number of nitrogens with one attached hydrogen (secondary N) is 1. The van der Waals surface area contributed by atoms with Gasteiger partial charge in [0.05, 0.1) is 28.2 Å². The van der Waals surface area contributed by atoms with Gasteiger partial charge in [-0.05, 0) is 24.3 Å². The minimum absolute atomic E-state index is 0.00685. The third kappa shape index (κ3) is 2.61. The minimum atomic E-state index is -1.33. The maximum Gasteiger partial charge on any atom is 0.337 e. The lowest BCUT2D eigenvalue weighted by atomic mass is 10.1. The normalized spacial score (nSPS) is 10.7. The van der Waals surface area contributed by atoms with E-state index in [0.717, 1.165) is 12.1 Å². The van der Waals surface area contributed by atoms with Gasteiger partial charge in [-0.3, -0.25) is 0 Å². The maximum absolute atomic E-state index is 14.0. The Hall–Kier alpha value is -3.29. The number of nitrogen functional groups attached to an aromatic ring is 1. The smallest absolute Gasteiger partial charge is 0.337 e. The molecule has 0 spiro atoms. The topological polar surface area (TPSA) is 105 Å². The number of aromatic nitrogens is 3. The monoisotopic (exact) mass is 316 g/mol. The number of benzene rings is 1. The van der Waals surface area contributed by atoms with Crippen LogP contribution in [0.25, 0.3) is 22.6 Å². The van der Waals surface area contributed by atoms with Crippen molar-refractivity contribution in [1.29, 1.82) is 0 Å². The Morgan fingerprint density at radius 2 is 1.91 bits per heavy atom. The number of nitrogens with zero attached hydrogens (tertiary/aromatic N) is 2. The summed E-state index contributed by atoms with van der Waals surface area (Å²) in [6, 6.07) is 6.03. The van der Waals surface area contributed by atoms with Crippen molar-refractivity contribution in [2.75, 3.05) is 5.73 Å². The van der Waals surface area contributed by atoms with Crippen LogP contribution in [0.15, 0.2) is 36.5 Å². The van der Waals surface area contributed by atoms with E-state index in [0.29, 0.717) is 5.69 Å². The molecule has 0 fully saturated rings. The zero-order valence-electron chi connectivity index (χ0n) is 11.5. The summed E-state index contributed by atoms with van der Waals surface area (Å²) in [4.78, 5) is 21.8. The van der Waals surface area contributed by atoms with Gasteiger partial charge >= 0.3 is 5.97 Å². The molecule has 0 bridgehead atoms. The molecular weight excluding hydrogens is 306 g/mol. The second-order valence-corrected chi connectivity index (χ2v) is 4.67. The van der Waals surface area contributed by atoms with E-state index in [4.69, 9.17) is 5.73 Å². The Labute approximate surface area is 128 Å². The Kier molecular flexibility index (Phi) is 3.49. The molecule has 3 aromatic rings. The van der Waals surface area contributed by atoms with Gasteiger partial charge in [-0.25, -0.2) is 23.5 Å². The van der Waals surface area contributed by atoms with E-state index in [2.05, 4.69) is 15.0 Å². The van der Waals surface area contributed by atoms with Crippen molar-refractivity contribution in [3.05, 3.63) is 53.7 Å². The highest BCUT2D eigenvalue weighted by Gasteiger charge is 2.22. The summed E-state index contributed by atoms with van der Waals surface area (Å²) >= 11 is 0. The molecule has 0 saturated heterocycles. The fraction of sp³-hybridized carbons (Fsp3) is 0. The Balaban J connectivity index is 2.24. The van der Waals surface area contributed by atoms with Crippen LogP contribution in [0.4, 0.5) is 14.7 Å². The van der Waals surface area contributed by atoms with Crippen molar-refractivity contribution < 1.29 is 18.7 Å². The van der Waals surface area contributed by atoms with Crippen molar-refractivity contribution in [3.63, 3.8) is 0 Å². The van der Waals surface area contributed by atoms with Crippen LogP contribution in [0.3, 0.4) is 0 Å². The van der Waals surface area contributed by atoms with Crippen LogP contribution in [0.5, 0.6) is 0 Å². The number of hydrogen-bond donors (Lipinski definition) is 3. The molecule has 4 N–H and O–H groups in total. The predicted molar refractivity (Wildman–Crippen MR) is 78.5 cm³/mol. The van der Waals surface area contributed by atoms with Crippen molar-refractivity contribution in [2.45, 2.75) is 0 Å². The lowest BCUT2D eigenvalue weighted by Gasteiger charge is -2.04. The molecule has 0 unspecified atom stereocenters. The van der Waals surface area contributed by atoms with Gasteiger partial charge < -0.3 is 15.8 Å². The lowest BCUT2D eigenvalue weighted by molar-refractivity contribution is 0.0698. The fourth-order valence-corrected chi connectivity index (χ4v) is 2.22. The van der Waals surface area contributed by atoms with Crippen LogP contribution in [0.1, 0.15) is 10.4 Å². The Bertz CT molecular complexity index is 888. The van der Waals surface area contributed by atoms with Crippen LogP contribution in [0.2, 0.25) is 0 Å². The second kappa shape index (κ2) is 5.48. The van der Waals surface area contributed by atoms with Crippen LogP contribution in [0, 0.1) is 11.6 Å². The van der Waals surface area contributed by atoms with Crippen molar-refractivity contribution in [3.8, 4) is 22.6 Å². The number of rotatable bonds is 3. The number of aromatic amines is 1. The van der Waals surface area contributed by atoms with Crippen LogP contribution >= 0.6 is 0 Å². The summed E-state index contributed by atoms with van der Waals surface area (Å²) in [5.74, 6) is -3.08. The van der Waals surface area contributed by atoms with Crippen LogP contribution < -0.4 is 5.73 Å². The van der Waals surface area contributed by atoms with Gasteiger partial charge in [-0.1, -0.05) is 6.07 Å². The maximum atomic E-state index is 14.0. The average Bonchev–Trinajstić information content (AvgIpc) is 2.92. The van der Waals surface area contributed by atoms with Gasteiger partial charge in [-0.2, -0.15) is 0 Å². The van der Waals surface area contributed by atoms with E-state index < -0.39 is 23.2 Å². The average molecular weight is 316 g/mol. The first kappa shape index (κ1) is 14.6. The number of H-pyrrole nitrogens is 1. The first-order valence-corrected chi connectivity index (χ1v) is 6.47. The van der Waals surface area contributed by atoms with Crippen LogP contribution in [-0.2, 0) is 0 Å². The summed E-state index contributed by atoms with van der Waals surface area (Å²) in [6.45, 7) is 0. The molecule has 0 aliphatic heterocycles. The van der Waals surface area contributed by atoms with Gasteiger partial charge in [0, 0.05) is 6.20 Å². The summed E-state index contributed by atoms with van der Waals surface area (Å²) in [7, 11) is 0. The van der Waals surface area contributed by atoms with Gasteiger partial charge in [0.15, 0.2) is 0 Å². The molecule has 6 nitrogen and oxygen atoms in total. The first-order chi connectivity index (χ1) is 11.0. The number of aromatic carboxylic acids is 1. The molecule has 2 aromatic heterocycles. The number of hydrogen-bond acceptors (Lipinski definition) is 4. The zero-order valence-corrected chi connectivity index (χ0v) is 11.5. The highest BCUT2D eigenvalue weighted by Crippen LogP contribution is 2.31. The Morgan fingerprint density at radius 1 is 1.22 bits per heavy atom. The molecule has 0 aliphatic rings. The van der Waals surface area contributed by atoms with E-state index >= 15 is 0 Å². The van der Waals surface area contributed by atoms with E-state index in [1.807, 2.05) is 0 Å². The molecule has 23 heavy (non-hydrogen) atoms. The Morgan fingerprint density at radius 3 is 2.52 bits per heavy atom. The quantitative estimate of drug-likeness (QED) is 0.689. The van der Waals surface area contributed by atoms with Crippen molar-refractivity contribution in [2.24, 2.45) is 0 Å². The molecule has 0 amide bonds. The third-order valence-electron chi connectivity index (χ3n) is 3.21. The number of anilines is 1. The van der Waals surface area contributed by atoms with E-state index in [-0.39, 0.29) is 22.9 Å². The number of carbonyl (C=O) groups is 1. The molecule has 1 aromatic carbocycles. The van der Waals surface area contributed by atoms with Gasteiger partial charge in [0.2, 0.25) is 5.95 Å². The minimum Gasteiger partial charge on any atom is -0.478 e. The van der Waals surface area contributed by atoms with Gasteiger partial charge in [-0.15, -0.1) is 0 Å². The van der Waals surface area contributed by atoms with Gasteiger partial charge in [0.25, 0.3) is 0 Å². The number of carboxylic acid groups (broad SMARTS) is 1. The van der Waals surface area contributed by atoms with E-state index in [1.54, 1.807) is 0 Å². The van der Waals surface area contributed by atoms with E-state index in [9.17, 15) is 18.7 Å². The molecule has 0 radical (unpaired) electrons. The summed E-state index contributed by atoms with van der Waals surface area (Å²) in [5.41, 5.74) is 5.15. The first-order valence-electron chi connectivity index (χ1n) is 6.47. The molecule has 3 rings (SSSR count). The van der Waals surface area contributed by atoms with Gasteiger partial charge in [0.1, 0.15) is 11.6 Å². The number of halogens is 2. The van der Waals surface area contributed by atoms with Crippen molar-refractivity contribution >= 4 is 11.9 Å². The lowest BCUT2D eigenvalue weighted by Crippen LogP contribution is -1.99. The van der Waals surface area contributed by atoms with Crippen LogP contribution in [-0.4, -0.2) is 26.0 Å². The summed E-state index contributed by atoms with van der Waals surface area (Å²) < 4.78 is 27.9. The largest absolute Gasteiger partial charge is 0.478 e. The molecule has 0 atom stereocenters. The molecule has 8 heteroatoms. The summed E-state index contributed by atoms with van der Waals surface area (Å²) in [6.07, 6.45) is 1.39. The fourth-order valence-electron chi connectivity index (χ4n) is 2.22. The molecule has 116 valence electrons. The standard InChI is InChI=1S/C15H10F2N4O2/c16-8-2-1-3-9(17)12(8)13-7(14(22)23)6-11(20-13)10-4-5-19-15(18)21-10/h1-6,20H,(H,22,23)(H2,18,19,21). The van der Waals surface area contributed by atoms with Crippen molar-refractivity contribution in [1.82, 2.24) is 15.0 Å². The highest BCUT2D eigenvalue weighted by molar-refractivity contribution is 5.97. The van der Waals surface area contributed by atoms with E-state index in [1.165, 1.54) is 24.4 Å². The number of nitrogens with two attached hydrogens (primary N) is 1. The highest BCUT2D eigenvalue weighted by atomic mass is 19.1. The SMILES string of the molecule is Nc1nccc(-c2cc(C(=O)O)c(-c3c(F)cccc3F)[nH]2)n1. The molecule has 0 aliphatic carbocycles. The predicted octanol–water partition coefficient (Wildman–Crippen LogP) is 2.70.